The second-order valence-corrected chi connectivity index (χ2v) is 6.16. The lowest BCUT2D eigenvalue weighted by molar-refractivity contribution is -0.187. The number of ether oxygens (including phenoxy) is 1. The predicted octanol–water partition coefficient (Wildman–Crippen LogP) is 5.13. The largest absolute Gasteiger partial charge is 0.456 e. The van der Waals surface area contributed by atoms with Crippen molar-refractivity contribution in [2.45, 2.75) is 79.8 Å². The van der Waals surface area contributed by atoms with Gasteiger partial charge in [-0.2, -0.15) is 0 Å². The van der Waals surface area contributed by atoms with Crippen molar-refractivity contribution >= 4 is 5.97 Å². The third-order valence-corrected chi connectivity index (χ3v) is 5.93. The molecular formula is C17H32O2. The molecule has 0 N–H and O–H groups in total. The Morgan fingerprint density at radius 1 is 1.00 bits per heavy atom. The summed E-state index contributed by atoms with van der Waals surface area (Å²) in [5.41, 5.74) is -0.376. The van der Waals surface area contributed by atoms with E-state index in [4.69, 9.17) is 4.74 Å². The Labute approximate surface area is 119 Å². The molecule has 0 aliphatic rings. The molecule has 2 nitrogen and oxygen atoms in total. The third kappa shape index (κ3) is 3.04. The summed E-state index contributed by atoms with van der Waals surface area (Å²) in [5.74, 6) is -0.321. The molecule has 2 heteroatoms. The van der Waals surface area contributed by atoms with Crippen LogP contribution < -0.4 is 0 Å². The van der Waals surface area contributed by atoms with Gasteiger partial charge >= 0.3 is 5.97 Å². The zero-order chi connectivity index (χ0) is 15.3. The molecule has 0 amide bonds. The van der Waals surface area contributed by atoms with Gasteiger partial charge in [0, 0.05) is 11.5 Å². The van der Waals surface area contributed by atoms with Crippen molar-refractivity contribution in [1.82, 2.24) is 0 Å². The average molecular weight is 268 g/mol. The SMILES string of the molecule is C=CC(=O)OC(C)(CC)C(C)(CC)C(C)(CC)CC. The van der Waals surface area contributed by atoms with Crippen LogP contribution in [-0.4, -0.2) is 11.6 Å². The van der Waals surface area contributed by atoms with Crippen LogP contribution in [0.5, 0.6) is 0 Å². The van der Waals surface area contributed by atoms with Crippen molar-refractivity contribution in [2.24, 2.45) is 10.8 Å². The summed E-state index contributed by atoms with van der Waals surface area (Å²) in [5, 5.41) is 0. The Bertz CT molecular complexity index is 317. The van der Waals surface area contributed by atoms with Crippen molar-refractivity contribution in [1.29, 1.82) is 0 Å². The molecular weight excluding hydrogens is 236 g/mol. The molecule has 0 rings (SSSR count). The highest BCUT2D eigenvalue weighted by atomic mass is 16.6. The molecule has 0 radical (unpaired) electrons. The fourth-order valence-electron chi connectivity index (χ4n) is 3.31. The summed E-state index contributed by atoms with van der Waals surface area (Å²) in [7, 11) is 0. The molecule has 0 aromatic heterocycles. The Morgan fingerprint density at radius 3 is 1.74 bits per heavy atom. The van der Waals surface area contributed by atoms with E-state index >= 15 is 0 Å². The van der Waals surface area contributed by atoms with Crippen molar-refractivity contribution in [2.75, 3.05) is 0 Å². The van der Waals surface area contributed by atoms with Crippen molar-refractivity contribution in [3.63, 3.8) is 0 Å². The van der Waals surface area contributed by atoms with E-state index in [1.807, 2.05) is 0 Å². The van der Waals surface area contributed by atoms with Crippen LogP contribution in [-0.2, 0) is 9.53 Å². The minimum Gasteiger partial charge on any atom is -0.456 e. The maximum absolute atomic E-state index is 11.7. The smallest absolute Gasteiger partial charge is 0.330 e. The highest BCUT2D eigenvalue weighted by Gasteiger charge is 2.54. The van der Waals surface area contributed by atoms with E-state index in [1.165, 1.54) is 6.08 Å². The molecule has 0 saturated carbocycles. The highest BCUT2D eigenvalue weighted by molar-refractivity contribution is 5.81. The zero-order valence-corrected chi connectivity index (χ0v) is 13.9. The second kappa shape index (κ2) is 6.58. The molecule has 0 heterocycles. The average Bonchev–Trinajstić information content (AvgIpc) is 2.44. The Balaban J connectivity index is 5.71. The van der Waals surface area contributed by atoms with E-state index in [0.29, 0.717) is 0 Å². The number of carbonyl (C=O) groups is 1. The topological polar surface area (TPSA) is 26.3 Å². The molecule has 0 aromatic carbocycles. The van der Waals surface area contributed by atoms with Crippen LogP contribution in [0.25, 0.3) is 0 Å². The van der Waals surface area contributed by atoms with E-state index in [9.17, 15) is 4.79 Å². The standard InChI is InChI=1S/C17H32O2/c1-9-14(18)19-17(8,13-5)16(7,12-4)15(6,10-2)11-3/h9H,1,10-13H2,2-8H3. The molecule has 0 aliphatic carbocycles. The maximum atomic E-state index is 11.7. The number of hydrogen-bond donors (Lipinski definition) is 0. The van der Waals surface area contributed by atoms with Gasteiger partial charge in [0.25, 0.3) is 0 Å². The van der Waals surface area contributed by atoms with Crippen LogP contribution in [0.15, 0.2) is 12.7 Å². The monoisotopic (exact) mass is 268 g/mol. The van der Waals surface area contributed by atoms with Gasteiger partial charge in [0.2, 0.25) is 0 Å². The second-order valence-electron chi connectivity index (χ2n) is 6.16. The van der Waals surface area contributed by atoms with Gasteiger partial charge in [-0.1, -0.05) is 61.0 Å². The molecule has 0 fully saturated rings. The molecule has 0 bridgehead atoms. The van der Waals surface area contributed by atoms with Gasteiger partial charge in [0.05, 0.1) is 0 Å². The van der Waals surface area contributed by atoms with Gasteiger partial charge in [-0.3, -0.25) is 0 Å². The first-order valence-corrected chi connectivity index (χ1v) is 7.55. The van der Waals surface area contributed by atoms with Crippen LogP contribution >= 0.6 is 0 Å². The molecule has 112 valence electrons. The molecule has 19 heavy (non-hydrogen) atoms. The number of carbonyl (C=O) groups excluding carboxylic acids is 1. The van der Waals surface area contributed by atoms with Gasteiger partial charge in [0.15, 0.2) is 0 Å². The van der Waals surface area contributed by atoms with E-state index < -0.39 is 5.60 Å². The first-order chi connectivity index (χ1) is 8.70. The maximum Gasteiger partial charge on any atom is 0.330 e. The van der Waals surface area contributed by atoms with Gasteiger partial charge in [-0.05, 0) is 25.2 Å². The lowest BCUT2D eigenvalue weighted by atomic mass is 9.53. The van der Waals surface area contributed by atoms with Crippen LogP contribution in [0.1, 0.15) is 74.1 Å². The molecule has 0 saturated heterocycles. The predicted molar refractivity (Wildman–Crippen MR) is 82.1 cm³/mol. The minimum atomic E-state index is -0.464. The Morgan fingerprint density at radius 2 is 1.47 bits per heavy atom. The molecule has 0 aromatic rings. The summed E-state index contributed by atoms with van der Waals surface area (Å²) < 4.78 is 5.79. The molecule has 2 unspecified atom stereocenters. The van der Waals surface area contributed by atoms with Crippen LogP contribution in [0.2, 0.25) is 0 Å². The molecule has 2 atom stereocenters. The van der Waals surface area contributed by atoms with E-state index in [1.54, 1.807) is 0 Å². The summed E-state index contributed by atoms with van der Waals surface area (Å²) in [6.07, 6.45) is 5.22. The van der Waals surface area contributed by atoms with Gasteiger partial charge in [-0.25, -0.2) is 4.79 Å². The van der Waals surface area contributed by atoms with Crippen molar-refractivity contribution < 1.29 is 9.53 Å². The summed E-state index contributed by atoms with van der Waals surface area (Å²) in [6, 6.07) is 0. The van der Waals surface area contributed by atoms with E-state index in [-0.39, 0.29) is 16.8 Å². The van der Waals surface area contributed by atoms with Gasteiger partial charge < -0.3 is 4.74 Å². The van der Waals surface area contributed by atoms with Crippen LogP contribution in [0.3, 0.4) is 0 Å². The summed E-state index contributed by atoms with van der Waals surface area (Å²) in [4.78, 5) is 11.7. The van der Waals surface area contributed by atoms with Crippen molar-refractivity contribution in [3.8, 4) is 0 Å². The van der Waals surface area contributed by atoms with Gasteiger partial charge in [-0.15, -0.1) is 0 Å². The minimum absolute atomic E-state index is 0.0586. The number of hydrogen-bond acceptors (Lipinski definition) is 2. The quantitative estimate of drug-likeness (QED) is 0.451. The Hall–Kier alpha value is -0.790. The zero-order valence-electron chi connectivity index (χ0n) is 13.9. The fraction of sp³-hybridized carbons (Fsp3) is 0.824. The number of rotatable bonds is 8. The Kier molecular flexibility index (Phi) is 6.31. The first kappa shape index (κ1) is 18.2. The lowest BCUT2D eigenvalue weighted by Crippen LogP contribution is -2.55. The van der Waals surface area contributed by atoms with E-state index in [2.05, 4.69) is 55.0 Å². The normalized spacial score (nSPS) is 18.3. The molecule has 0 aliphatic heterocycles. The number of esters is 1. The summed E-state index contributed by atoms with van der Waals surface area (Å²) >= 11 is 0. The van der Waals surface area contributed by atoms with Crippen LogP contribution in [0.4, 0.5) is 0 Å². The van der Waals surface area contributed by atoms with Crippen LogP contribution in [0, 0.1) is 10.8 Å². The highest BCUT2D eigenvalue weighted by Crippen LogP contribution is 2.55. The lowest BCUT2D eigenvalue weighted by Gasteiger charge is -2.55. The van der Waals surface area contributed by atoms with Crippen molar-refractivity contribution in [3.05, 3.63) is 12.7 Å². The fourth-order valence-corrected chi connectivity index (χ4v) is 3.31. The third-order valence-electron chi connectivity index (χ3n) is 5.93. The molecule has 0 spiro atoms. The van der Waals surface area contributed by atoms with E-state index in [0.717, 1.165) is 25.7 Å². The summed E-state index contributed by atoms with van der Waals surface area (Å²) in [6.45, 7) is 18.9. The van der Waals surface area contributed by atoms with Gasteiger partial charge in [0.1, 0.15) is 5.60 Å². The first-order valence-electron chi connectivity index (χ1n) is 7.55.